The summed E-state index contributed by atoms with van der Waals surface area (Å²) in [5, 5.41) is 0. The van der Waals surface area contributed by atoms with Crippen LogP contribution in [0.4, 0.5) is 4.79 Å². The molecule has 6 nitrogen and oxygen atoms in total. The summed E-state index contributed by atoms with van der Waals surface area (Å²) in [5.74, 6) is -0.438. The lowest BCUT2D eigenvalue weighted by atomic mass is 9.88. The highest BCUT2D eigenvalue weighted by Gasteiger charge is 2.57. The van der Waals surface area contributed by atoms with Crippen LogP contribution in [0.1, 0.15) is 40.5 Å². The molecule has 2 atom stereocenters. The van der Waals surface area contributed by atoms with Gasteiger partial charge in [-0.05, 0) is 40.5 Å². The molecule has 1 amide bonds. The predicted molar refractivity (Wildman–Crippen MR) is 75.1 cm³/mol. The summed E-state index contributed by atoms with van der Waals surface area (Å²) in [6.07, 6.45) is 1.20. The van der Waals surface area contributed by atoms with E-state index in [1.54, 1.807) is 7.05 Å². The number of carbonyl (C=O) groups excluding carboxylic acids is 2. The highest BCUT2D eigenvalue weighted by atomic mass is 16.6. The molecule has 2 N–H and O–H groups in total. The van der Waals surface area contributed by atoms with Crippen molar-refractivity contribution in [3.05, 3.63) is 0 Å². The van der Waals surface area contributed by atoms with Crippen molar-refractivity contribution in [2.75, 3.05) is 14.2 Å². The van der Waals surface area contributed by atoms with Crippen LogP contribution in [0.3, 0.4) is 0 Å². The minimum absolute atomic E-state index is 0.188. The van der Waals surface area contributed by atoms with E-state index in [0.717, 1.165) is 12.8 Å². The lowest BCUT2D eigenvalue weighted by Gasteiger charge is -2.35. The topological polar surface area (TPSA) is 81.9 Å². The van der Waals surface area contributed by atoms with Crippen LogP contribution in [0.15, 0.2) is 0 Å². The van der Waals surface area contributed by atoms with E-state index in [1.807, 2.05) is 27.7 Å². The minimum atomic E-state index is -0.715. The summed E-state index contributed by atoms with van der Waals surface area (Å²) in [6.45, 7) is 7.34. The summed E-state index contributed by atoms with van der Waals surface area (Å²) in [5.41, 5.74) is 5.03. The number of nitrogens with zero attached hydrogens (tertiary/aromatic N) is 1. The van der Waals surface area contributed by atoms with Crippen LogP contribution in [0.2, 0.25) is 0 Å². The smallest absolute Gasteiger partial charge is 0.410 e. The maximum atomic E-state index is 12.1. The Hall–Kier alpha value is -1.30. The molecule has 116 valence electrons. The number of esters is 1. The second-order valence-electron chi connectivity index (χ2n) is 6.50. The third kappa shape index (κ3) is 3.42. The normalized spacial score (nSPS) is 19.8. The number of nitrogens with two attached hydrogens (primary N) is 1. The second-order valence-corrected chi connectivity index (χ2v) is 6.50. The second kappa shape index (κ2) is 5.60. The van der Waals surface area contributed by atoms with Crippen molar-refractivity contribution in [1.29, 1.82) is 0 Å². The average Bonchev–Trinajstić information content (AvgIpc) is 3.14. The highest BCUT2D eigenvalue weighted by molar-refractivity contribution is 5.77. The fraction of sp³-hybridized carbons (Fsp3) is 0.857. The predicted octanol–water partition coefficient (Wildman–Crippen LogP) is 1.52. The minimum Gasteiger partial charge on any atom is -0.468 e. The van der Waals surface area contributed by atoms with Crippen molar-refractivity contribution in [1.82, 2.24) is 4.90 Å². The van der Waals surface area contributed by atoms with Gasteiger partial charge in [-0.15, -0.1) is 0 Å². The van der Waals surface area contributed by atoms with E-state index in [1.165, 1.54) is 12.0 Å². The Balaban J connectivity index is 2.76. The number of carbonyl (C=O) groups is 2. The molecule has 2 unspecified atom stereocenters. The quantitative estimate of drug-likeness (QED) is 0.792. The molecular formula is C14H26N2O4. The number of methoxy groups -OCH3 is 1. The standard InChI is InChI=1S/C14H26N2O4/c1-9(16(5)12(18)20-13(2,3)4)14(7-8-14)10(15)11(17)19-6/h9-10H,7-8,15H2,1-6H3. The van der Waals surface area contributed by atoms with E-state index in [4.69, 9.17) is 15.2 Å². The van der Waals surface area contributed by atoms with E-state index in [2.05, 4.69) is 0 Å². The van der Waals surface area contributed by atoms with E-state index >= 15 is 0 Å². The molecule has 1 fully saturated rings. The number of hydrogen-bond donors (Lipinski definition) is 1. The first-order valence-electron chi connectivity index (χ1n) is 6.84. The summed E-state index contributed by atoms with van der Waals surface area (Å²) >= 11 is 0. The number of rotatable bonds is 4. The van der Waals surface area contributed by atoms with Gasteiger partial charge in [-0.25, -0.2) is 4.79 Å². The molecule has 0 aromatic carbocycles. The summed E-state index contributed by atoms with van der Waals surface area (Å²) in [6, 6.07) is -0.904. The molecule has 1 aliphatic rings. The summed E-state index contributed by atoms with van der Waals surface area (Å²) in [7, 11) is 2.99. The van der Waals surface area contributed by atoms with Gasteiger partial charge in [0.2, 0.25) is 0 Å². The Morgan fingerprint density at radius 3 is 2.15 bits per heavy atom. The van der Waals surface area contributed by atoms with Crippen molar-refractivity contribution >= 4 is 12.1 Å². The Morgan fingerprint density at radius 2 is 1.80 bits per heavy atom. The van der Waals surface area contributed by atoms with Crippen molar-refractivity contribution in [2.45, 2.75) is 58.2 Å². The SMILES string of the molecule is COC(=O)C(N)C1(C(C)N(C)C(=O)OC(C)(C)C)CC1. The van der Waals surface area contributed by atoms with Gasteiger partial charge < -0.3 is 20.1 Å². The molecule has 1 rings (SSSR count). The van der Waals surface area contributed by atoms with Crippen LogP contribution < -0.4 is 5.73 Å². The molecule has 0 heterocycles. The first-order valence-corrected chi connectivity index (χ1v) is 6.84. The molecule has 0 bridgehead atoms. The third-order valence-corrected chi connectivity index (χ3v) is 4.00. The largest absolute Gasteiger partial charge is 0.468 e. The van der Waals surface area contributed by atoms with Gasteiger partial charge in [-0.1, -0.05) is 0 Å². The molecule has 0 spiro atoms. The Labute approximate surface area is 120 Å². The maximum absolute atomic E-state index is 12.1. The van der Waals surface area contributed by atoms with Crippen LogP contribution in [0, 0.1) is 5.41 Å². The monoisotopic (exact) mass is 286 g/mol. The van der Waals surface area contributed by atoms with Gasteiger partial charge in [0.15, 0.2) is 0 Å². The van der Waals surface area contributed by atoms with Gasteiger partial charge in [0.25, 0.3) is 0 Å². The van der Waals surface area contributed by atoms with Gasteiger partial charge >= 0.3 is 12.1 Å². The van der Waals surface area contributed by atoms with Crippen LogP contribution in [0.5, 0.6) is 0 Å². The molecule has 1 aliphatic carbocycles. The molecular weight excluding hydrogens is 260 g/mol. The molecule has 0 aromatic heterocycles. The average molecular weight is 286 g/mol. The first kappa shape index (κ1) is 16.8. The van der Waals surface area contributed by atoms with Crippen LogP contribution in [0.25, 0.3) is 0 Å². The van der Waals surface area contributed by atoms with E-state index < -0.39 is 29.1 Å². The highest BCUT2D eigenvalue weighted by Crippen LogP contribution is 2.52. The molecule has 1 saturated carbocycles. The summed E-state index contributed by atoms with van der Waals surface area (Å²) in [4.78, 5) is 25.2. The Morgan fingerprint density at radius 1 is 1.30 bits per heavy atom. The fourth-order valence-electron chi connectivity index (χ4n) is 2.37. The van der Waals surface area contributed by atoms with Crippen molar-refractivity contribution in [3.8, 4) is 0 Å². The van der Waals surface area contributed by atoms with E-state index in [-0.39, 0.29) is 6.04 Å². The van der Waals surface area contributed by atoms with Gasteiger partial charge in [0, 0.05) is 18.5 Å². The van der Waals surface area contributed by atoms with Crippen molar-refractivity contribution in [2.24, 2.45) is 11.1 Å². The zero-order valence-electron chi connectivity index (χ0n) is 13.2. The Bertz CT molecular complexity index is 385. The zero-order chi connectivity index (χ0) is 15.7. The van der Waals surface area contributed by atoms with Crippen LogP contribution in [-0.2, 0) is 14.3 Å². The summed E-state index contributed by atoms with van der Waals surface area (Å²) < 4.78 is 10.1. The number of ether oxygens (including phenoxy) is 2. The zero-order valence-corrected chi connectivity index (χ0v) is 13.2. The number of amides is 1. The van der Waals surface area contributed by atoms with Gasteiger partial charge in [-0.2, -0.15) is 0 Å². The van der Waals surface area contributed by atoms with Crippen molar-refractivity contribution in [3.63, 3.8) is 0 Å². The fourth-order valence-corrected chi connectivity index (χ4v) is 2.37. The molecule has 0 aromatic rings. The van der Waals surface area contributed by atoms with Gasteiger partial charge in [-0.3, -0.25) is 4.79 Å². The van der Waals surface area contributed by atoms with Gasteiger partial charge in [0.05, 0.1) is 7.11 Å². The maximum Gasteiger partial charge on any atom is 0.410 e. The lowest BCUT2D eigenvalue weighted by molar-refractivity contribution is -0.144. The molecule has 0 saturated heterocycles. The van der Waals surface area contributed by atoms with E-state index in [0.29, 0.717) is 0 Å². The molecule has 0 radical (unpaired) electrons. The van der Waals surface area contributed by atoms with E-state index in [9.17, 15) is 9.59 Å². The molecule has 6 heteroatoms. The first-order chi connectivity index (χ1) is 9.05. The van der Waals surface area contributed by atoms with Crippen molar-refractivity contribution < 1.29 is 19.1 Å². The number of hydrogen-bond acceptors (Lipinski definition) is 5. The van der Waals surface area contributed by atoms with Crippen LogP contribution in [-0.4, -0.2) is 48.8 Å². The lowest BCUT2D eigenvalue weighted by Crippen LogP contribution is -2.52. The molecule has 20 heavy (non-hydrogen) atoms. The Kier molecular flexibility index (Phi) is 4.69. The molecule has 0 aliphatic heterocycles. The van der Waals surface area contributed by atoms with Gasteiger partial charge in [0.1, 0.15) is 11.6 Å². The third-order valence-electron chi connectivity index (χ3n) is 4.00. The van der Waals surface area contributed by atoms with Crippen LogP contribution >= 0.6 is 0 Å².